The molecule has 0 aliphatic carbocycles. The Bertz CT molecular complexity index is 514. The first-order chi connectivity index (χ1) is 8.24. The zero-order chi connectivity index (χ0) is 12.3. The fourth-order valence-corrected chi connectivity index (χ4v) is 1.81. The van der Waals surface area contributed by atoms with Crippen LogP contribution in [0.15, 0.2) is 34.9 Å². The molecular formula is C12H12BrN3O. The highest BCUT2D eigenvalue weighted by atomic mass is 79.9. The van der Waals surface area contributed by atoms with Crippen molar-refractivity contribution >= 4 is 21.7 Å². The fraction of sp³-hybridized carbons (Fsp3) is 0.167. The van der Waals surface area contributed by atoms with E-state index in [0.29, 0.717) is 5.82 Å². The van der Waals surface area contributed by atoms with Crippen molar-refractivity contribution in [3.63, 3.8) is 0 Å². The van der Waals surface area contributed by atoms with Crippen molar-refractivity contribution in [1.29, 1.82) is 0 Å². The highest BCUT2D eigenvalue weighted by Gasteiger charge is 2.05. The minimum atomic E-state index is 0.681. The van der Waals surface area contributed by atoms with Gasteiger partial charge in [-0.1, -0.05) is 0 Å². The molecule has 0 radical (unpaired) electrons. The molecule has 0 saturated heterocycles. The molecule has 1 N–H and O–H groups in total. The van der Waals surface area contributed by atoms with E-state index in [1.165, 1.54) is 0 Å². The van der Waals surface area contributed by atoms with Gasteiger partial charge in [-0.3, -0.25) is 0 Å². The Kier molecular flexibility index (Phi) is 3.58. The number of hydrogen-bond donors (Lipinski definition) is 1. The second kappa shape index (κ2) is 5.14. The first-order valence-electron chi connectivity index (χ1n) is 5.09. The molecule has 1 heterocycles. The summed E-state index contributed by atoms with van der Waals surface area (Å²) in [6, 6.07) is 7.64. The Balaban J connectivity index is 2.38. The molecule has 1 aromatic carbocycles. The number of hydrogen-bond acceptors (Lipinski definition) is 4. The minimum absolute atomic E-state index is 0.681. The summed E-state index contributed by atoms with van der Waals surface area (Å²) in [4.78, 5) is 8.68. The highest BCUT2D eigenvalue weighted by Crippen LogP contribution is 2.24. The average molecular weight is 294 g/mol. The number of anilines is 1. The van der Waals surface area contributed by atoms with Crippen LogP contribution in [0.4, 0.5) is 5.82 Å². The van der Waals surface area contributed by atoms with E-state index in [4.69, 9.17) is 4.74 Å². The predicted octanol–water partition coefficient (Wildman–Crippen LogP) is 2.96. The molecule has 0 fully saturated rings. The van der Waals surface area contributed by atoms with Crippen LogP contribution in [-0.2, 0) is 0 Å². The molecule has 0 atom stereocenters. The summed E-state index contributed by atoms with van der Waals surface area (Å²) in [6.45, 7) is 0. The van der Waals surface area contributed by atoms with Crippen molar-refractivity contribution in [2.45, 2.75) is 0 Å². The van der Waals surface area contributed by atoms with Crippen LogP contribution in [0.25, 0.3) is 11.4 Å². The lowest BCUT2D eigenvalue weighted by Gasteiger charge is -2.06. The third kappa shape index (κ3) is 2.55. The van der Waals surface area contributed by atoms with E-state index in [-0.39, 0.29) is 0 Å². The topological polar surface area (TPSA) is 47.0 Å². The summed E-state index contributed by atoms with van der Waals surface area (Å²) in [5, 5.41) is 3.01. The van der Waals surface area contributed by atoms with Crippen molar-refractivity contribution in [3.8, 4) is 17.1 Å². The predicted molar refractivity (Wildman–Crippen MR) is 71.3 cm³/mol. The van der Waals surface area contributed by atoms with Gasteiger partial charge in [-0.15, -0.1) is 0 Å². The quantitative estimate of drug-likeness (QED) is 0.945. The third-order valence-corrected chi connectivity index (χ3v) is 2.91. The number of benzene rings is 1. The van der Waals surface area contributed by atoms with Gasteiger partial charge in [-0.25, -0.2) is 9.97 Å². The van der Waals surface area contributed by atoms with Crippen LogP contribution in [-0.4, -0.2) is 24.1 Å². The number of ether oxygens (including phenoxy) is 1. The third-order valence-electron chi connectivity index (χ3n) is 2.33. The highest BCUT2D eigenvalue weighted by molar-refractivity contribution is 9.10. The van der Waals surface area contributed by atoms with E-state index < -0.39 is 0 Å². The second-order valence-corrected chi connectivity index (χ2v) is 4.22. The summed E-state index contributed by atoms with van der Waals surface area (Å²) in [5.41, 5.74) is 0.954. The number of halogens is 1. The van der Waals surface area contributed by atoms with Crippen molar-refractivity contribution in [2.75, 3.05) is 19.5 Å². The van der Waals surface area contributed by atoms with Gasteiger partial charge in [0, 0.05) is 18.8 Å². The lowest BCUT2D eigenvalue weighted by atomic mass is 10.2. The molecule has 88 valence electrons. The molecule has 0 bridgehead atoms. The van der Waals surface area contributed by atoms with Gasteiger partial charge in [-0.2, -0.15) is 0 Å². The molecule has 1 aromatic heterocycles. The molecule has 17 heavy (non-hydrogen) atoms. The monoisotopic (exact) mass is 293 g/mol. The van der Waals surface area contributed by atoms with E-state index in [9.17, 15) is 0 Å². The SMILES string of the molecule is CNc1nc(-c2ccc(OC)cc2)ncc1Br. The van der Waals surface area contributed by atoms with Crippen LogP contribution >= 0.6 is 15.9 Å². The first-order valence-corrected chi connectivity index (χ1v) is 5.88. The fourth-order valence-electron chi connectivity index (χ4n) is 1.42. The average Bonchev–Trinajstić information content (AvgIpc) is 2.39. The standard InChI is InChI=1S/C12H12BrN3O/c1-14-12-10(13)7-15-11(16-12)8-3-5-9(17-2)6-4-8/h3-7H,1-2H3,(H,14,15,16). The van der Waals surface area contributed by atoms with Gasteiger partial charge in [0.1, 0.15) is 11.6 Å². The van der Waals surface area contributed by atoms with Gasteiger partial charge in [0.15, 0.2) is 5.82 Å². The molecule has 0 aliphatic heterocycles. The molecule has 0 aliphatic rings. The first kappa shape index (κ1) is 11.9. The molecule has 0 saturated carbocycles. The Morgan fingerprint density at radius 3 is 2.53 bits per heavy atom. The van der Waals surface area contributed by atoms with Crippen LogP contribution in [0.5, 0.6) is 5.75 Å². The van der Waals surface area contributed by atoms with Crippen LogP contribution < -0.4 is 10.1 Å². The number of nitrogens with one attached hydrogen (secondary N) is 1. The number of methoxy groups -OCH3 is 1. The molecule has 2 rings (SSSR count). The smallest absolute Gasteiger partial charge is 0.161 e. The summed E-state index contributed by atoms with van der Waals surface area (Å²) >= 11 is 3.38. The normalized spacial score (nSPS) is 10.1. The van der Waals surface area contributed by atoms with Gasteiger partial charge >= 0.3 is 0 Å². The maximum atomic E-state index is 5.11. The summed E-state index contributed by atoms with van der Waals surface area (Å²) in [7, 11) is 3.47. The van der Waals surface area contributed by atoms with Gasteiger partial charge in [0.05, 0.1) is 11.6 Å². The van der Waals surface area contributed by atoms with Crippen molar-refractivity contribution in [3.05, 3.63) is 34.9 Å². The molecule has 5 heteroatoms. The minimum Gasteiger partial charge on any atom is -0.497 e. The summed E-state index contributed by atoms with van der Waals surface area (Å²) in [5.74, 6) is 2.27. The van der Waals surface area contributed by atoms with E-state index in [1.54, 1.807) is 13.3 Å². The van der Waals surface area contributed by atoms with Gasteiger partial charge in [-0.05, 0) is 40.2 Å². The van der Waals surface area contributed by atoms with Crippen molar-refractivity contribution < 1.29 is 4.74 Å². The van der Waals surface area contributed by atoms with Crippen molar-refractivity contribution in [1.82, 2.24) is 9.97 Å². The number of aromatic nitrogens is 2. The van der Waals surface area contributed by atoms with Crippen molar-refractivity contribution in [2.24, 2.45) is 0 Å². The Labute approximate surface area is 108 Å². The Morgan fingerprint density at radius 2 is 1.94 bits per heavy atom. The van der Waals surface area contributed by atoms with Crippen LogP contribution in [0, 0.1) is 0 Å². The Morgan fingerprint density at radius 1 is 1.24 bits per heavy atom. The van der Waals surface area contributed by atoms with E-state index in [1.807, 2.05) is 31.3 Å². The lowest BCUT2D eigenvalue weighted by molar-refractivity contribution is 0.415. The van der Waals surface area contributed by atoms with Crippen LogP contribution in [0.1, 0.15) is 0 Å². The second-order valence-electron chi connectivity index (χ2n) is 3.37. The van der Waals surface area contributed by atoms with E-state index in [0.717, 1.165) is 21.6 Å². The molecule has 0 spiro atoms. The number of nitrogens with zero attached hydrogens (tertiary/aromatic N) is 2. The van der Waals surface area contributed by atoms with E-state index in [2.05, 4.69) is 31.2 Å². The summed E-state index contributed by atoms with van der Waals surface area (Å²) in [6.07, 6.45) is 1.73. The molecule has 0 amide bonds. The van der Waals surface area contributed by atoms with Gasteiger partial charge < -0.3 is 10.1 Å². The van der Waals surface area contributed by atoms with E-state index >= 15 is 0 Å². The maximum Gasteiger partial charge on any atom is 0.161 e. The van der Waals surface area contributed by atoms with Gasteiger partial charge in [0.25, 0.3) is 0 Å². The Hall–Kier alpha value is -1.62. The van der Waals surface area contributed by atoms with Crippen LogP contribution in [0.2, 0.25) is 0 Å². The maximum absolute atomic E-state index is 5.11. The largest absolute Gasteiger partial charge is 0.497 e. The summed E-state index contributed by atoms with van der Waals surface area (Å²) < 4.78 is 5.95. The number of rotatable bonds is 3. The molecular weight excluding hydrogens is 282 g/mol. The van der Waals surface area contributed by atoms with Crippen LogP contribution in [0.3, 0.4) is 0 Å². The molecule has 2 aromatic rings. The molecule has 0 unspecified atom stereocenters. The zero-order valence-electron chi connectivity index (χ0n) is 9.57. The van der Waals surface area contributed by atoms with Gasteiger partial charge in [0.2, 0.25) is 0 Å². The lowest BCUT2D eigenvalue weighted by Crippen LogP contribution is -1.97. The zero-order valence-corrected chi connectivity index (χ0v) is 11.2. The molecule has 4 nitrogen and oxygen atoms in total.